The average Bonchev–Trinajstić information content (AvgIpc) is 3.68. The lowest BCUT2D eigenvalue weighted by Crippen LogP contribution is -2.35. The van der Waals surface area contributed by atoms with Crippen molar-refractivity contribution in [1.82, 2.24) is 9.62 Å². The summed E-state index contributed by atoms with van der Waals surface area (Å²) in [5, 5.41) is 9.59. The van der Waals surface area contributed by atoms with Crippen molar-refractivity contribution in [2.24, 2.45) is 5.92 Å². The predicted octanol–water partition coefficient (Wildman–Crippen LogP) is 4.89. The van der Waals surface area contributed by atoms with Crippen LogP contribution in [0.15, 0.2) is 41.3 Å². The zero-order valence-corrected chi connectivity index (χ0v) is 21.8. The molecule has 39 heavy (non-hydrogen) atoms. The van der Waals surface area contributed by atoms with Gasteiger partial charge in [0.2, 0.25) is 0 Å². The fraction of sp³-hybridized carbons (Fsp3) is 0.360. The molecule has 0 saturated carbocycles. The van der Waals surface area contributed by atoms with E-state index in [9.17, 15) is 36.0 Å². The van der Waals surface area contributed by atoms with Crippen molar-refractivity contribution in [3.8, 4) is 17.6 Å². The number of nitriles is 1. The maximum atomic E-state index is 14.6. The minimum Gasteiger partial charge on any atom is -0.492 e. The van der Waals surface area contributed by atoms with Crippen molar-refractivity contribution < 1.29 is 40.2 Å². The Bertz CT molecular complexity index is 1450. The number of nitrogens with zero attached hydrogens (tertiary/aromatic N) is 2. The summed E-state index contributed by atoms with van der Waals surface area (Å²) in [6, 6.07) is 7.60. The molecule has 1 aliphatic carbocycles. The van der Waals surface area contributed by atoms with Crippen molar-refractivity contribution in [2.45, 2.75) is 32.2 Å². The Morgan fingerprint density at radius 2 is 1.87 bits per heavy atom. The molecule has 1 fully saturated rings. The molecule has 1 heterocycles. The van der Waals surface area contributed by atoms with Gasteiger partial charge in [-0.3, -0.25) is 9.69 Å². The SMILES string of the molecule is N#Cc1cc(C(=O)NS(=O)(=O)C2=CC2)c(F)cc1OCC1CCN(Cc2cc(Cl)cc(OC(F)(F)F)c2)CC1. The number of amides is 1. The van der Waals surface area contributed by atoms with E-state index in [1.807, 2.05) is 11.0 Å². The van der Waals surface area contributed by atoms with Gasteiger partial charge in [-0.15, -0.1) is 13.2 Å². The first-order valence-corrected chi connectivity index (χ1v) is 13.6. The van der Waals surface area contributed by atoms with Gasteiger partial charge in [-0.2, -0.15) is 5.26 Å². The Morgan fingerprint density at radius 1 is 1.18 bits per heavy atom. The van der Waals surface area contributed by atoms with Crippen LogP contribution in [0.4, 0.5) is 17.6 Å². The number of rotatable bonds is 9. The number of likely N-dealkylation sites (tertiary alicyclic amines) is 1. The highest BCUT2D eigenvalue weighted by molar-refractivity contribution is 7.94. The summed E-state index contributed by atoms with van der Waals surface area (Å²) in [6.07, 6.45) is -1.86. The van der Waals surface area contributed by atoms with E-state index in [0.29, 0.717) is 38.0 Å². The molecule has 1 amide bonds. The van der Waals surface area contributed by atoms with Crippen LogP contribution in [-0.4, -0.2) is 45.3 Å². The molecule has 2 aliphatic rings. The Morgan fingerprint density at radius 3 is 2.49 bits per heavy atom. The van der Waals surface area contributed by atoms with E-state index in [1.54, 1.807) is 10.8 Å². The van der Waals surface area contributed by atoms with Gasteiger partial charge in [0.1, 0.15) is 23.4 Å². The minimum absolute atomic E-state index is 0.0375. The number of allylic oxidation sites excluding steroid dienone is 2. The summed E-state index contributed by atoms with van der Waals surface area (Å²) in [5.41, 5.74) is -0.155. The molecule has 0 spiro atoms. The molecule has 1 aliphatic heterocycles. The Balaban J connectivity index is 1.32. The number of benzene rings is 2. The first kappa shape index (κ1) is 28.7. The predicted molar refractivity (Wildman–Crippen MR) is 132 cm³/mol. The van der Waals surface area contributed by atoms with Crippen LogP contribution >= 0.6 is 11.6 Å². The molecule has 1 N–H and O–H groups in total. The Kier molecular flexibility index (Phi) is 8.39. The van der Waals surface area contributed by atoms with E-state index < -0.39 is 33.7 Å². The number of piperidine rings is 1. The molecule has 0 atom stereocenters. The first-order chi connectivity index (χ1) is 18.3. The minimum atomic E-state index is -4.82. The van der Waals surface area contributed by atoms with Gasteiger partial charge in [-0.25, -0.2) is 17.5 Å². The number of sulfonamides is 1. The van der Waals surface area contributed by atoms with Gasteiger partial charge in [-0.05, 0) is 61.7 Å². The molecule has 1 saturated heterocycles. The summed E-state index contributed by atoms with van der Waals surface area (Å²) >= 11 is 5.94. The van der Waals surface area contributed by atoms with Gasteiger partial charge < -0.3 is 9.47 Å². The van der Waals surface area contributed by atoms with Gasteiger partial charge >= 0.3 is 6.36 Å². The monoisotopic (exact) mass is 587 g/mol. The fourth-order valence-corrected chi connectivity index (χ4v) is 5.38. The van der Waals surface area contributed by atoms with Crippen molar-refractivity contribution in [3.63, 3.8) is 0 Å². The molecule has 208 valence electrons. The summed E-state index contributed by atoms with van der Waals surface area (Å²) in [5.74, 6) is -2.63. The molecule has 0 bridgehead atoms. The quantitative estimate of drug-likeness (QED) is 0.416. The third kappa shape index (κ3) is 7.84. The van der Waals surface area contributed by atoms with Crippen LogP contribution in [0.5, 0.6) is 11.5 Å². The number of alkyl halides is 3. The Labute approximate surface area is 226 Å². The number of hydrogen-bond acceptors (Lipinski definition) is 7. The van der Waals surface area contributed by atoms with Gasteiger partial charge in [0.05, 0.1) is 22.6 Å². The number of carbonyl (C=O) groups excluding carboxylic acids is 1. The number of halogens is 5. The number of carbonyl (C=O) groups is 1. The zero-order chi connectivity index (χ0) is 28.4. The molecule has 0 unspecified atom stereocenters. The van der Waals surface area contributed by atoms with E-state index in [2.05, 4.69) is 4.74 Å². The third-order valence-corrected chi connectivity index (χ3v) is 7.83. The number of ether oxygens (including phenoxy) is 2. The third-order valence-electron chi connectivity index (χ3n) is 6.13. The Hall–Kier alpha value is -3.34. The fourth-order valence-electron chi connectivity index (χ4n) is 4.12. The van der Waals surface area contributed by atoms with Crippen LogP contribution in [-0.2, 0) is 16.6 Å². The normalized spacial score (nSPS) is 16.3. The van der Waals surface area contributed by atoms with Crippen molar-refractivity contribution in [1.29, 1.82) is 5.26 Å². The standard InChI is InChI=1S/C25H22ClF4N3O5S/c26-18-7-16(8-19(10-18)38-25(28,29)30)13-33-5-3-15(4-6-33)14-37-23-11-22(27)21(9-17(23)12-31)24(34)32-39(35,36)20-1-2-20/h1,7-11,15H,2-6,13-14H2,(H,32,34). The molecule has 0 aromatic heterocycles. The second kappa shape index (κ2) is 11.4. The molecular formula is C25H22ClF4N3O5S. The highest BCUT2D eigenvalue weighted by Gasteiger charge is 2.32. The summed E-state index contributed by atoms with van der Waals surface area (Å²) in [7, 11) is -4.02. The highest BCUT2D eigenvalue weighted by Crippen LogP contribution is 2.30. The van der Waals surface area contributed by atoms with Crippen LogP contribution in [0, 0.1) is 23.1 Å². The van der Waals surface area contributed by atoms with Gasteiger partial charge in [0, 0.05) is 24.1 Å². The van der Waals surface area contributed by atoms with Crippen LogP contribution in [0.3, 0.4) is 0 Å². The van der Waals surface area contributed by atoms with Crippen LogP contribution in [0.2, 0.25) is 5.02 Å². The van der Waals surface area contributed by atoms with Gasteiger partial charge in [0.15, 0.2) is 0 Å². The lowest BCUT2D eigenvalue weighted by atomic mass is 9.97. The smallest absolute Gasteiger partial charge is 0.492 e. The van der Waals surface area contributed by atoms with E-state index in [-0.39, 0.29) is 45.9 Å². The summed E-state index contributed by atoms with van der Waals surface area (Å²) in [6.45, 7) is 1.75. The van der Waals surface area contributed by atoms with Gasteiger partial charge in [0.25, 0.3) is 15.9 Å². The zero-order valence-electron chi connectivity index (χ0n) is 20.2. The van der Waals surface area contributed by atoms with Crippen LogP contribution in [0.25, 0.3) is 0 Å². The topological polar surface area (TPSA) is 109 Å². The molecule has 4 rings (SSSR count). The number of nitrogens with one attached hydrogen (secondary N) is 1. The van der Waals surface area contributed by atoms with E-state index in [0.717, 1.165) is 18.2 Å². The van der Waals surface area contributed by atoms with Crippen LogP contribution < -0.4 is 14.2 Å². The first-order valence-electron chi connectivity index (χ1n) is 11.7. The largest absolute Gasteiger partial charge is 0.573 e. The lowest BCUT2D eigenvalue weighted by Gasteiger charge is -2.32. The van der Waals surface area contributed by atoms with E-state index >= 15 is 0 Å². The maximum Gasteiger partial charge on any atom is 0.573 e. The molecule has 2 aromatic carbocycles. The van der Waals surface area contributed by atoms with Crippen molar-refractivity contribution in [3.05, 3.63) is 68.8 Å². The second-order valence-corrected chi connectivity index (χ2v) is 11.3. The molecule has 14 heteroatoms. The average molecular weight is 588 g/mol. The van der Waals surface area contributed by atoms with E-state index in [1.165, 1.54) is 12.1 Å². The molecular weight excluding hydrogens is 566 g/mol. The van der Waals surface area contributed by atoms with Crippen molar-refractivity contribution in [2.75, 3.05) is 19.7 Å². The highest BCUT2D eigenvalue weighted by atomic mass is 35.5. The maximum absolute atomic E-state index is 14.6. The summed E-state index contributed by atoms with van der Waals surface area (Å²) in [4.78, 5) is 14.4. The van der Waals surface area contributed by atoms with Gasteiger partial charge in [-0.1, -0.05) is 17.7 Å². The van der Waals surface area contributed by atoms with E-state index in [4.69, 9.17) is 16.3 Å². The summed E-state index contributed by atoms with van der Waals surface area (Å²) < 4.78 is 87.5. The van der Waals surface area contributed by atoms with Crippen molar-refractivity contribution >= 4 is 27.5 Å². The second-order valence-electron chi connectivity index (χ2n) is 9.12. The lowest BCUT2D eigenvalue weighted by molar-refractivity contribution is -0.274. The molecule has 2 aromatic rings. The number of hydrogen-bond donors (Lipinski definition) is 1. The molecule has 8 nitrogen and oxygen atoms in total. The van der Waals surface area contributed by atoms with Crippen LogP contribution in [0.1, 0.15) is 40.7 Å². The molecule has 0 radical (unpaired) electrons.